The van der Waals surface area contributed by atoms with Gasteiger partial charge in [-0.25, -0.2) is 4.98 Å². The van der Waals surface area contributed by atoms with Gasteiger partial charge in [-0.2, -0.15) is 4.39 Å². The van der Waals surface area contributed by atoms with Crippen LogP contribution in [0.15, 0.2) is 18.3 Å². The summed E-state index contributed by atoms with van der Waals surface area (Å²) in [7, 11) is 0. The van der Waals surface area contributed by atoms with E-state index >= 15 is 0 Å². The molecule has 0 aromatic carbocycles. The van der Waals surface area contributed by atoms with Crippen molar-refractivity contribution in [3.05, 3.63) is 29.8 Å². The Kier molecular flexibility index (Phi) is 2.91. The van der Waals surface area contributed by atoms with Crippen LogP contribution in [0, 0.1) is 5.95 Å². The number of rotatable bonds is 1. The molecule has 1 aliphatic rings. The van der Waals surface area contributed by atoms with Crippen molar-refractivity contribution in [3.8, 4) is 0 Å². The van der Waals surface area contributed by atoms with Crippen molar-refractivity contribution in [2.24, 2.45) is 0 Å². The van der Waals surface area contributed by atoms with E-state index in [2.05, 4.69) is 4.98 Å². The predicted octanol–water partition coefficient (Wildman–Crippen LogP) is 0.693. The molecule has 1 aromatic rings. The van der Waals surface area contributed by atoms with Crippen molar-refractivity contribution in [1.29, 1.82) is 0 Å². The number of aromatic nitrogens is 1. The lowest BCUT2D eigenvalue weighted by Crippen LogP contribution is -2.40. The molecule has 1 fully saturated rings. The number of halogens is 1. The summed E-state index contributed by atoms with van der Waals surface area (Å²) in [6.07, 6.45) is 1.29. The average molecular weight is 210 g/mol. The molecule has 1 amide bonds. The van der Waals surface area contributed by atoms with E-state index < -0.39 is 5.95 Å². The van der Waals surface area contributed by atoms with E-state index in [0.717, 1.165) is 6.07 Å². The topological polar surface area (TPSA) is 42.4 Å². The number of pyridine rings is 1. The van der Waals surface area contributed by atoms with Gasteiger partial charge >= 0.3 is 0 Å². The first kappa shape index (κ1) is 10.0. The van der Waals surface area contributed by atoms with Crippen molar-refractivity contribution < 1.29 is 13.9 Å². The molecule has 2 heterocycles. The third-order valence-corrected chi connectivity index (χ3v) is 2.27. The molecule has 1 aromatic heterocycles. The standard InChI is InChI=1S/C10H11FN2O2/c11-9-7-8(1-2-12-9)10(14)13-3-5-15-6-4-13/h1-2,7H,3-6H2. The SMILES string of the molecule is O=C(c1ccnc(F)c1)N1CCOCC1. The van der Waals surface area contributed by atoms with Crippen molar-refractivity contribution in [3.63, 3.8) is 0 Å². The van der Waals surface area contributed by atoms with Gasteiger partial charge in [0, 0.05) is 30.9 Å². The molecule has 0 N–H and O–H groups in total. The van der Waals surface area contributed by atoms with E-state index in [4.69, 9.17) is 4.74 Å². The lowest BCUT2D eigenvalue weighted by atomic mass is 10.2. The normalized spacial score (nSPS) is 16.5. The molecule has 0 radical (unpaired) electrons. The smallest absolute Gasteiger partial charge is 0.254 e. The highest BCUT2D eigenvalue weighted by molar-refractivity contribution is 5.94. The zero-order valence-corrected chi connectivity index (χ0v) is 8.15. The number of amides is 1. The number of ether oxygens (including phenoxy) is 1. The van der Waals surface area contributed by atoms with Gasteiger partial charge in [0.1, 0.15) is 0 Å². The van der Waals surface area contributed by atoms with Crippen LogP contribution in [-0.2, 0) is 4.74 Å². The van der Waals surface area contributed by atoms with Gasteiger partial charge in [-0.3, -0.25) is 4.79 Å². The highest BCUT2D eigenvalue weighted by Gasteiger charge is 2.18. The van der Waals surface area contributed by atoms with Crippen LogP contribution in [0.3, 0.4) is 0 Å². The minimum absolute atomic E-state index is 0.167. The molecular weight excluding hydrogens is 199 g/mol. The molecule has 0 bridgehead atoms. The quantitative estimate of drug-likeness (QED) is 0.640. The molecule has 1 saturated heterocycles. The van der Waals surface area contributed by atoms with Crippen molar-refractivity contribution in [1.82, 2.24) is 9.88 Å². The maximum absolute atomic E-state index is 12.8. The Balaban J connectivity index is 2.12. The minimum Gasteiger partial charge on any atom is -0.378 e. The Labute approximate surface area is 86.7 Å². The van der Waals surface area contributed by atoms with Gasteiger partial charge in [0.25, 0.3) is 5.91 Å². The maximum Gasteiger partial charge on any atom is 0.254 e. The van der Waals surface area contributed by atoms with Crippen LogP contribution in [0.4, 0.5) is 4.39 Å². The van der Waals surface area contributed by atoms with E-state index in [1.54, 1.807) is 4.90 Å². The fourth-order valence-corrected chi connectivity index (χ4v) is 1.48. The summed E-state index contributed by atoms with van der Waals surface area (Å²) in [6, 6.07) is 2.67. The van der Waals surface area contributed by atoms with Crippen LogP contribution in [0.2, 0.25) is 0 Å². The Morgan fingerprint density at radius 2 is 2.20 bits per heavy atom. The van der Waals surface area contributed by atoms with Gasteiger partial charge in [0.05, 0.1) is 13.2 Å². The molecule has 0 atom stereocenters. The molecule has 80 valence electrons. The molecule has 4 nitrogen and oxygen atoms in total. The molecular formula is C10H11FN2O2. The summed E-state index contributed by atoms with van der Waals surface area (Å²) in [6.45, 7) is 2.20. The van der Waals surface area contributed by atoms with Gasteiger partial charge in [0.2, 0.25) is 5.95 Å². The summed E-state index contributed by atoms with van der Waals surface area (Å²) in [5, 5.41) is 0. The first-order valence-corrected chi connectivity index (χ1v) is 4.76. The highest BCUT2D eigenvalue weighted by Crippen LogP contribution is 2.07. The van der Waals surface area contributed by atoms with E-state index in [-0.39, 0.29) is 5.91 Å². The Bertz CT molecular complexity index is 364. The number of nitrogens with zero attached hydrogens (tertiary/aromatic N) is 2. The van der Waals surface area contributed by atoms with Crippen LogP contribution in [0.5, 0.6) is 0 Å². The Hall–Kier alpha value is -1.49. The third-order valence-electron chi connectivity index (χ3n) is 2.27. The molecule has 2 rings (SSSR count). The second kappa shape index (κ2) is 4.35. The number of hydrogen-bond acceptors (Lipinski definition) is 3. The first-order chi connectivity index (χ1) is 7.27. The van der Waals surface area contributed by atoms with Crippen LogP contribution >= 0.6 is 0 Å². The second-order valence-corrected chi connectivity index (χ2v) is 3.27. The largest absolute Gasteiger partial charge is 0.378 e. The molecule has 0 spiro atoms. The zero-order valence-electron chi connectivity index (χ0n) is 8.15. The van der Waals surface area contributed by atoms with Gasteiger partial charge < -0.3 is 9.64 Å². The number of carbonyl (C=O) groups excluding carboxylic acids is 1. The fraction of sp³-hybridized carbons (Fsp3) is 0.400. The van der Waals surface area contributed by atoms with Crippen LogP contribution in [0.1, 0.15) is 10.4 Å². The van der Waals surface area contributed by atoms with Crippen LogP contribution < -0.4 is 0 Å². The van der Waals surface area contributed by atoms with E-state index in [0.29, 0.717) is 31.9 Å². The predicted molar refractivity (Wildman–Crippen MR) is 50.9 cm³/mol. The summed E-state index contributed by atoms with van der Waals surface area (Å²) < 4.78 is 17.9. The number of morpholine rings is 1. The number of hydrogen-bond donors (Lipinski definition) is 0. The lowest BCUT2D eigenvalue weighted by Gasteiger charge is -2.26. The summed E-state index contributed by atoms with van der Waals surface area (Å²) in [5.41, 5.74) is 0.337. The minimum atomic E-state index is -0.630. The molecule has 0 unspecified atom stereocenters. The molecule has 0 aliphatic carbocycles. The molecule has 0 saturated carbocycles. The summed E-state index contributed by atoms with van der Waals surface area (Å²) in [4.78, 5) is 16.9. The van der Waals surface area contributed by atoms with Gasteiger partial charge in [0.15, 0.2) is 0 Å². The maximum atomic E-state index is 12.8. The van der Waals surface area contributed by atoms with Crippen LogP contribution in [0.25, 0.3) is 0 Å². The first-order valence-electron chi connectivity index (χ1n) is 4.76. The third kappa shape index (κ3) is 2.30. The molecule has 15 heavy (non-hydrogen) atoms. The van der Waals surface area contributed by atoms with E-state index in [9.17, 15) is 9.18 Å². The lowest BCUT2D eigenvalue weighted by molar-refractivity contribution is 0.0302. The zero-order chi connectivity index (χ0) is 10.7. The van der Waals surface area contributed by atoms with E-state index in [1.165, 1.54) is 12.3 Å². The van der Waals surface area contributed by atoms with Crippen molar-refractivity contribution in [2.45, 2.75) is 0 Å². The number of carbonyl (C=O) groups is 1. The second-order valence-electron chi connectivity index (χ2n) is 3.27. The summed E-state index contributed by atoms with van der Waals surface area (Å²) in [5.74, 6) is -0.797. The van der Waals surface area contributed by atoms with Crippen LogP contribution in [-0.4, -0.2) is 42.1 Å². The monoisotopic (exact) mass is 210 g/mol. The Morgan fingerprint density at radius 3 is 2.87 bits per heavy atom. The highest BCUT2D eigenvalue weighted by atomic mass is 19.1. The van der Waals surface area contributed by atoms with Crippen molar-refractivity contribution >= 4 is 5.91 Å². The van der Waals surface area contributed by atoms with Crippen molar-refractivity contribution in [2.75, 3.05) is 26.3 Å². The van der Waals surface area contributed by atoms with E-state index in [1.807, 2.05) is 0 Å². The van der Waals surface area contributed by atoms with Gasteiger partial charge in [-0.1, -0.05) is 0 Å². The Morgan fingerprint density at radius 1 is 1.47 bits per heavy atom. The van der Waals surface area contributed by atoms with Gasteiger partial charge in [-0.05, 0) is 6.07 Å². The average Bonchev–Trinajstić information content (AvgIpc) is 2.29. The molecule has 1 aliphatic heterocycles. The summed E-state index contributed by atoms with van der Waals surface area (Å²) >= 11 is 0. The fourth-order valence-electron chi connectivity index (χ4n) is 1.48. The molecule has 5 heteroatoms. The van der Waals surface area contributed by atoms with Gasteiger partial charge in [-0.15, -0.1) is 0 Å².